The molecule has 1 N–H and O–H groups in total. The van der Waals surface area contributed by atoms with Crippen LogP contribution in [0.2, 0.25) is 0 Å². The number of hydrogen-bond donors (Lipinski definition) is 1. The van der Waals surface area contributed by atoms with E-state index in [1.807, 2.05) is 0 Å². The Morgan fingerprint density at radius 1 is 1.32 bits per heavy atom. The van der Waals surface area contributed by atoms with Crippen LogP contribution in [0, 0.1) is 11.7 Å². The first-order chi connectivity index (χ1) is 10.6. The molecule has 1 fully saturated rings. The van der Waals surface area contributed by atoms with Crippen molar-refractivity contribution in [3.63, 3.8) is 0 Å². The van der Waals surface area contributed by atoms with Gasteiger partial charge in [0.05, 0.1) is 22.4 Å². The molecule has 4 rings (SSSR count). The highest BCUT2D eigenvalue weighted by Gasteiger charge is 2.48. The molecule has 0 aliphatic carbocycles. The summed E-state index contributed by atoms with van der Waals surface area (Å²) in [7, 11) is 0. The summed E-state index contributed by atoms with van der Waals surface area (Å²) in [6.45, 7) is 0.491. The lowest BCUT2D eigenvalue weighted by molar-refractivity contribution is -0.141. The van der Waals surface area contributed by atoms with Crippen molar-refractivity contribution in [3.8, 4) is 0 Å². The molecule has 1 saturated heterocycles. The van der Waals surface area contributed by atoms with E-state index in [1.54, 1.807) is 12.1 Å². The number of rotatable bonds is 1. The number of nitrogens with zero attached hydrogens (tertiary/aromatic N) is 1. The van der Waals surface area contributed by atoms with Crippen LogP contribution in [0.15, 0.2) is 38.9 Å². The van der Waals surface area contributed by atoms with Crippen LogP contribution in [0.3, 0.4) is 0 Å². The normalized spacial score (nSPS) is 26.4. The van der Waals surface area contributed by atoms with Gasteiger partial charge in [-0.25, -0.2) is 4.39 Å². The summed E-state index contributed by atoms with van der Waals surface area (Å²) in [5.41, 5.74) is 2.44. The van der Waals surface area contributed by atoms with Gasteiger partial charge in [-0.15, -0.1) is 0 Å². The SMILES string of the molecule is O=C1NCC2=C1C(c1ccc(F)c(Br)c1)C1C(=O)OCC1=N2. The number of ether oxygens (including phenoxy) is 1. The van der Waals surface area contributed by atoms with Crippen molar-refractivity contribution in [2.75, 3.05) is 13.2 Å². The summed E-state index contributed by atoms with van der Waals surface area (Å²) >= 11 is 3.15. The van der Waals surface area contributed by atoms with E-state index in [1.165, 1.54) is 6.07 Å². The van der Waals surface area contributed by atoms with Crippen LogP contribution in [-0.4, -0.2) is 30.7 Å². The van der Waals surface area contributed by atoms with Crippen molar-refractivity contribution in [2.24, 2.45) is 10.9 Å². The van der Waals surface area contributed by atoms with Gasteiger partial charge in [0.2, 0.25) is 5.91 Å². The number of amides is 1. The van der Waals surface area contributed by atoms with Gasteiger partial charge >= 0.3 is 5.97 Å². The van der Waals surface area contributed by atoms with Crippen molar-refractivity contribution in [2.45, 2.75) is 5.92 Å². The van der Waals surface area contributed by atoms with Gasteiger partial charge in [0.15, 0.2) is 0 Å². The Hall–Kier alpha value is -2.02. The number of benzene rings is 1. The van der Waals surface area contributed by atoms with Gasteiger partial charge in [-0.3, -0.25) is 14.6 Å². The van der Waals surface area contributed by atoms with Crippen LogP contribution in [0.4, 0.5) is 4.39 Å². The molecule has 7 heteroatoms. The maximum atomic E-state index is 13.5. The minimum Gasteiger partial charge on any atom is -0.459 e. The molecule has 1 amide bonds. The Morgan fingerprint density at radius 3 is 2.91 bits per heavy atom. The average molecular weight is 365 g/mol. The highest BCUT2D eigenvalue weighted by atomic mass is 79.9. The van der Waals surface area contributed by atoms with Gasteiger partial charge in [0.25, 0.3) is 0 Å². The molecule has 3 aliphatic heterocycles. The van der Waals surface area contributed by atoms with Crippen LogP contribution in [-0.2, 0) is 14.3 Å². The van der Waals surface area contributed by atoms with Crippen molar-refractivity contribution in [1.29, 1.82) is 0 Å². The number of aliphatic imine (C=N–C) groups is 1. The van der Waals surface area contributed by atoms with Crippen LogP contribution >= 0.6 is 15.9 Å². The summed E-state index contributed by atoms with van der Waals surface area (Å²) in [4.78, 5) is 28.7. The smallest absolute Gasteiger partial charge is 0.316 e. The fourth-order valence-corrected chi connectivity index (χ4v) is 3.60. The molecule has 0 aromatic heterocycles. The molecular weight excluding hydrogens is 355 g/mol. The van der Waals surface area contributed by atoms with Crippen molar-refractivity contribution >= 4 is 33.5 Å². The highest BCUT2D eigenvalue weighted by Crippen LogP contribution is 2.43. The standard InChI is InChI=1S/C15H10BrFN2O3/c16-7-3-6(1-2-8(7)17)11-12-9(4-18-14(12)20)19-10-5-22-15(21)13(10)11/h1-3,11,13H,4-5H2,(H,18,20). The maximum absolute atomic E-state index is 13.5. The molecule has 112 valence electrons. The third-order valence-corrected chi connectivity index (χ3v) is 4.78. The second kappa shape index (κ2) is 4.74. The van der Waals surface area contributed by atoms with Crippen LogP contribution in [0.25, 0.3) is 0 Å². The number of halogens is 2. The lowest BCUT2D eigenvalue weighted by Crippen LogP contribution is -2.31. The number of nitrogens with one attached hydrogen (secondary N) is 1. The minimum absolute atomic E-state index is 0.146. The van der Waals surface area contributed by atoms with Gasteiger partial charge in [-0.05, 0) is 33.6 Å². The lowest BCUT2D eigenvalue weighted by atomic mass is 9.76. The maximum Gasteiger partial charge on any atom is 0.316 e. The molecular formula is C15H10BrFN2O3. The number of fused-ring (bicyclic) bond motifs is 1. The molecule has 3 heterocycles. The summed E-state index contributed by atoms with van der Waals surface area (Å²) in [6, 6.07) is 4.51. The average Bonchev–Trinajstić information content (AvgIpc) is 3.05. The van der Waals surface area contributed by atoms with Crippen molar-refractivity contribution in [1.82, 2.24) is 5.32 Å². The third kappa shape index (κ3) is 1.85. The molecule has 0 spiro atoms. The Bertz CT molecular complexity index is 787. The summed E-state index contributed by atoms with van der Waals surface area (Å²) in [5.74, 6) is -2.12. The Kier molecular flexibility index (Phi) is 2.94. The summed E-state index contributed by atoms with van der Waals surface area (Å²) in [5, 5.41) is 2.73. The van der Waals surface area contributed by atoms with E-state index in [0.29, 0.717) is 33.6 Å². The minimum atomic E-state index is -0.611. The molecule has 0 bridgehead atoms. The van der Waals surface area contributed by atoms with E-state index in [9.17, 15) is 14.0 Å². The predicted molar refractivity (Wildman–Crippen MR) is 78.8 cm³/mol. The van der Waals surface area contributed by atoms with Gasteiger partial charge < -0.3 is 10.1 Å². The fraction of sp³-hybridized carbons (Fsp3) is 0.267. The largest absolute Gasteiger partial charge is 0.459 e. The highest BCUT2D eigenvalue weighted by molar-refractivity contribution is 9.10. The van der Waals surface area contributed by atoms with Gasteiger partial charge in [0.1, 0.15) is 18.3 Å². The third-order valence-electron chi connectivity index (χ3n) is 4.17. The van der Waals surface area contributed by atoms with Gasteiger partial charge in [-0.1, -0.05) is 6.07 Å². The molecule has 1 aromatic carbocycles. The molecule has 5 nitrogen and oxygen atoms in total. The molecule has 0 radical (unpaired) electrons. The molecule has 2 unspecified atom stereocenters. The van der Waals surface area contributed by atoms with E-state index in [0.717, 1.165) is 0 Å². The second-order valence-corrected chi connectivity index (χ2v) is 6.24. The summed E-state index contributed by atoms with van der Waals surface area (Å²) in [6.07, 6.45) is 0. The van der Waals surface area contributed by atoms with E-state index in [4.69, 9.17) is 4.74 Å². The molecule has 2 atom stereocenters. The molecule has 0 saturated carbocycles. The van der Waals surface area contributed by atoms with Crippen LogP contribution < -0.4 is 5.32 Å². The number of hydrogen-bond acceptors (Lipinski definition) is 4. The summed E-state index contributed by atoms with van der Waals surface area (Å²) < 4.78 is 18.9. The Balaban J connectivity index is 1.90. The second-order valence-electron chi connectivity index (χ2n) is 5.38. The van der Waals surface area contributed by atoms with E-state index in [-0.39, 0.29) is 12.5 Å². The Labute approximate surface area is 133 Å². The first kappa shape index (κ1) is 13.6. The number of carbonyl (C=O) groups excluding carboxylic acids is 2. The molecule has 22 heavy (non-hydrogen) atoms. The van der Waals surface area contributed by atoms with Crippen LogP contribution in [0.5, 0.6) is 0 Å². The molecule has 3 aliphatic rings. The lowest BCUT2D eigenvalue weighted by Gasteiger charge is -2.26. The zero-order valence-electron chi connectivity index (χ0n) is 11.2. The van der Waals surface area contributed by atoms with E-state index < -0.39 is 23.6 Å². The van der Waals surface area contributed by atoms with Crippen LogP contribution in [0.1, 0.15) is 11.5 Å². The van der Waals surface area contributed by atoms with Crippen molar-refractivity contribution in [3.05, 3.63) is 45.3 Å². The topological polar surface area (TPSA) is 67.8 Å². The number of cyclic esters (lactones) is 1. The Morgan fingerprint density at radius 2 is 2.14 bits per heavy atom. The molecule has 1 aromatic rings. The monoisotopic (exact) mass is 364 g/mol. The first-order valence-electron chi connectivity index (χ1n) is 6.76. The zero-order valence-corrected chi connectivity index (χ0v) is 12.8. The van der Waals surface area contributed by atoms with Gasteiger partial charge in [-0.2, -0.15) is 0 Å². The number of esters is 1. The van der Waals surface area contributed by atoms with E-state index in [2.05, 4.69) is 26.2 Å². The first-order valence-corrected chi connectivity index (χ1v) is 7.56. The zero-order chi connectivity index (χ0) is 15.4. The fourth-order valence-electron chi connectivity index (χ4n) is 3.20. The predicted octanol–water partition coefficient (Wildman–Crippen LogP) is 1.68. The quantitative estimate of drug-likeness (QED) is 0.771. The van der Waals surface area contributed by atoms with Crippen molar-refractivity contribution < 1.29 is 18.7 Å². The van der Waals surface area contributed by atoms with E-state index >= 15 is 0 Å². The van der Waals surface area contributed by atoms with Gasteiger partial charge in [0, 0.05) is 11.5 Å². The number of carbonyl (C=O) groups is 2.